The van der Waals surface area contributed by atoms with Gasteiger partial charge >= 0.3 is 0 Å². The maximum Gasteiger partial charge on any atom is 0.252 e. The van der Waals surface area contributed by atoms with E-state index in [0.29, 0.717) is 23.0 Å². The van der Waals surface area contributed by atoms with Crippen LogP contribution in [0.2, 0.25) is 0 Å². The number of H-pyrrole nitrogens is 1. The number of nitrogens with zero attached hydrogens (tertiary/aromatic N) is 3. The predicted octanol–water partition coefficient (Wildman–Crippen LogP) is 0.972. The van der Waals surface area contributed by atoms with Gasteiger partial charge < -0.3 is 9.88 Å². The first-order valence-corrected chi connectivity index (χ1v) is 10.1. The number of sulfonamides is 1. The van der Waals surface area contributed by atoms with Crippen molar-refractivity contribution in [1.29, 1.82) is 0 Å². The van der Waals surface area contributed by atoms with E-state index in [0.717, 1.165) is 5.56 Å². The Kier molecular flexibility index (Phi) is 4.31. The topological polar surface area (TPSA) is 117 Å². The molecular formula is C18H19N5O4S. The molecule has 1 unspecified atom stereocenters. The molecule has 0 radical (unpaired) electrons. The van der Waals surface area contributed by atoms with Crippen molar-refractivity contribution in [3.8, 4) is 0 Å². The van der Waals surface area contributed by atoms with Gasteiger partial charge in [-0.2, -0.15) is 9.40 Å². The van der Waals surface area contributed by atoms with Crippen LogP contribution in [0, 0.1) is 6.92 Å². The number of benzene rings is 1. The molecule has 146 valence electrons. The highest BCUT2D eigenvalue weighted by Gasteiger charge is 2.43. The van der Waals surface area contributed by atoms with E-state index in [4.69, 9.17) is 0 Å². The summed E-state index contributed by atoms with van der Waals surface area (Å²) in [6.45, 7) is 2.06. The standard InChI is InChI=1S/C18H19N5O4S/c1-11-7-12-10-19-21-17(12)15(8-11)28(26,27)23-6-4-14(23)18(25)20-13-3-5-22(2)16(24)9-13/h3,5,7-10,14H,4,6H2,1-2H3,(H,19,21)(H,20,25). The third kappa shape index (κ3) is 3.00. The number of rotatable bonds is 4. The molecule has 1 atom stereocenters. The van der Waals surface area contributed by atoms with Crippen LogP contribution in [0.5, 0.6) is 0 Å². The van der Waals surface area contributed by atoms with Gasteiger partial charge in [0.15, 0.2) is 0 Å². The van der Waals surface area contributed by atoms with Gasteiger partial charge in [0.25, 0.3) is 5.56 Å². The maximum absolute atomic E-state index is 13.2. The molecule has 1 saturated heterocycles. The minimum Gasteiger partial charge on any atom is -0.324 e. The average molecular weight is 401 g/mol. The Balaban J connectivity index is 1.62. The highest BCUT2D eigenvalue weighted by molar-refractivity contribution is 7.89. The highest BCUT2D eigenvalue weighted by Crippen LogP contribution is 2.31. The van der Waals surface area contributed by atoms with Gasteiger partial charge in [0.05, 0.1) is 11.7 Å². The van der Waals surface area contributed by atoms with Crippen molar-refractivity contribution < 1.29 is 13.2 Å². The number of anilines is 1. The molecule has 9 nitrogen and oxygen atoms in total. The van der Waals surface area contributed by atoms with Crippen molar-refractivity contribution in [2.75, 3.05) is 11.9 Å². The van der Waals surface area contributed by atoms with E-state index in [1.165, 1.54) is 21.1 Å². The SMILES string of the molecule is Cc1cc(S(=O)(=O)N2CCC2C(=O)Nc2ccn(C)c(=O)c2)c2[nH]ncc2c1. The number of aromatic nitrogens is 3. The molecule has 2 aromatic heterocycles. The van der Waals surface area contributed by atoms with Gasteiger partial charge in [0.2, 0.25) is 15.9 Å². The summed E-state index contributed by atoms with van der Waals surface area (Å²) in [7, 11) is -2.28. The number of nitrogens with one attached hydrogen (secondary N) is 2. The summed E-state index contributed by atoms with van der Waals surface area (Å²) in [5.74, 6) is -0.461. The summed E-state index contributed by atoms with van der Waals surface area (Å²) in [6.07, 6.45) is 3.51. The van der Waals surface area contributed by atoms with Crippen molar-refractivity contribution in [1.82, 2.24) is 19.1 Å². The molecular weight excluding hydrogens is 382 g/mol. The van der Waals surface area contributed by atoms with Gasteiger partial charge in [-0.15, -0.1) is 0 Å². The van der Waals surface area contributed by atoms with Gasteiger partial charge in [-0.3, -0.25) is 14.7 Å². The lowest BCUT2D eigenvalue weighted by Gasteiger charge is -2.38. The third-order valence-corrected chi connectivity index (χ3v) is 6.82. The van der Waals surface area contributed by atoms with Crippen molar-refractivity contribution in [2.45, 2.75) is 24.3 Å². The largest absolute Gasteiger partial charge is 0.324 e. The molecule has 28 heavy (non-hydrogen) atoms. The van der Waals surface area contributed by atoms with Crippen LogP contribution >= 0.6 is 0 Å². The normalized spacial score (nSPS) is 17.4. The van der Waals surface area contributed by atoms with E-state index in [1.807, 2.05) is 13.0 Å². The lowest BCUT2D eigenvalue weighted by Crippen LogP contribution is -2.56. The zero-order valence-electron chi connectivity index (χ0n) is 15.3. The number of fused-ring (bicyclic) bond motifs is 1. The molecule has 3 heterocycles. The highest BCUT2D eigenvalue weighted by atomic mass is 32.2. The molecule has 1 fully saturated rings. The first-order valence-electron chi connectivity index (χ1n) is 8.70. The Morgan fingerprint density at radius 2 is 2.11 bits per heavy atom. The monoisotopic (exact) mass is 401 g/mol. The molecule has 10 heteroatoms. The third-order valence-electron chi connectivity index (χ3n) is 4.89. The van der Waals surface area contributed by atoms with E-state index in [-0.39, 0.29) is 17.0 Å². The van der Waals surface area contributed by atoms with Gasteiger partial charge in [0, 0.05) is 36.9 Å². The molecule has 0 spiro atoms. The summed E-state index contributed by atoms with van der Waals surface area (Å²) in [5, 5.41) is 9.98. The number of carbonyl (C=O) groups is 1. The first-order chi connectivity index (χ1) is 13.3. The molecule has 1 aromatic carbocycles. The Morgan fingerprint density at radius 3 is 2.79 bits per heavy atom. The van der Waals surface area contributed by atoms with Gasteiger partial charge in [0.1, 0.15) is 10.9 Å². The molecule has 0 aliphatic carbocycles. The Labute approximate surface area is 161 Å². The van der Waals surface area contributed by atoms with E-state index in [2.05, 4.69) is 15.5 Å². The lowest BCUT2D eigenvalue weighted by atomic mass is 10.1. The van der Waals surface area contributed by atoms with Crippen LogP contribution in [0.15, 0.2) is 46.3 Å². The van der Waals surface area contributed by atoms with Crippen LogP contribution in [0.4, 0.5) is 5.69 Å². The predicted molar refractivity (Wildman–Crippen MR) is 103 cm³/mol. The molecule has 1 amide bonds. The number of hydrogen-bond acceptors (Lipinski definition) is 5. The van der Waals surface area contributed by atoms with Crippen molar-refractivity contribution in [3.63, 3.8) is 0 Å². The molecule has 0 bridgehead atoms. The van der Waals surface area contributed by atoms with Crippen LogP contribution in [-0.4, -0.2) is 46.0 Å². The molecule has 0 saturated carbocycles. The first kappa shape index (κ1) is 18.4. The van der Waals surface area contributed by atoms with Crippen molar-refractivity contribution >= 4 is 32.5 Å². The molecule has 1 aliphatic rings. The van der Waals surface area contributed by atoms with E-state index < -0.39 is 22.0 Å². The molecule has 3 aromatic rings. The fourth-order valence-corrected chi connectivity index (χ4v) is 5.15. The van der Waals surface area contributed by atoms with E-state index in [1.54, 1.807) is 25.4 Å². The van der Waals surface area contributed by atoms with Crippen LogP contribution in [0.25, 0.3) is 10.9 Å². The number of hydrogen-bond donors (Lipinski definition) is 2. The van der Waals surface area contributed by atoms with E-state index in [9.17, 15) is 18.0 Å². The van der Waals surface area contributed by atoms with Gasteiger partial charge in [-0.1, -0.05) is 0 Å². The number of aryl methyl sites for hydroxylation is 2. The summed E-state index contributed by atoms with van der Waals surface area (Å²) < 4.78 is 28.9. The van der Waals surface area contributed by atoms with Crippen molar-refractivity contribution in [2.24, 2.45) is 7.05 Å². The Bertz CT molecular complexity index is 1240. The van der Waals surface area contributed by atoms with Crippen LogP contribution in [0.3, 0.4) is 0 Å². The van der Waals surface area contributed by atoms with Crippen LogP contribution < -0.4 is 10.9 Å². The summed E-state index contributed by atoms with van der Waals surface area (Å²) in [5.41, 5.74) is 1.28. The number of carbonyl (C=O) groups excluding carboxylic acids is 1. The molecule has 1 aliphatic heterocycles. The zero-order chi connectivity index (χ0) is 20.1. The maximum atomic E-state index is 13.2. The van der Waals surface area contributed by atoms with Gasteiger partial charge in [-0.25, -0.2) is 8.42 Å². The molecule has 2 N–H and O–H groups in total. The molecule has 4 rings (SSSR count). The number of aromatic amines is 1. The fraction of sp³-hybridized carbons (Fsp3) is 0.278. The summed E-state index contributed by atoms with van der Waals surface area (Å²) in [4.78, 5) is 24.4. The quantitative estimate of drug-likeness (QED) is 0.676. The zero-order valence-corrected chi connectivity index (χ0v) is 16.2. The Hall–Kier alpha value is -2.98. The second kappa shape index (κ2) is 6.57. The second-order valence-electron chi connectivity index (χ2n) is 6.87. The number of amides is 1. The van der Waals surface area contributed by atoms with Crippen LogP contribution in [-0.2, 0) is 21.9 Å². The number of pyridine rings is 1. The van der Waals surface area contributed by atoms with Crippen LogP contribution in [0.1, 0.15) is 12.0 Å². The van der Waals surface area contributed by atoms with E-state index >= 15 is 0 Å². The smallest absolute Gasteiger partial charge is 0.252 e. The fourth-order valence-electron chi connectivity index (χ4n) is 3.26. The average Bonchev–Trinajstić information content (AvgIpc) is 3.04. The minimum absolute atomic E-state index is 0.103. The summed E-state index contributed by atoms with van der Waals surface area (Å²) in [6, 6.07) is 5.47. The van der Waals surface area contributed by atoms with Crippen molar-refractivity contribution in [3.05, 3.63) is 52.6 Å². The Morgan fingerprint density at radius 1 is 1.32 bits per heavy atom. The second-order valence-corrected chi connectivity index (χ2v) is 8.73. The summed E-state index contributed by atoms with van der Waals surface area (Å²) >= 11 is 0. The van der Waals surface area contributed by atoms with Gasteiger partial charge in [-0.05, 0) is 37.1 Å². The lowest BCUT2D eigenvalue weighted by molar-refractivity contribution is -0.122. The minimum atomic E-state index is -3.89.